The second kappa shape index (κ2) is 6.18. The molecule has 0 bridgehead atoms. The fourth-order valence-corrected chi connectivity index (χ4v) is 4.40. The molecule has 2 unspecified atom stereocenters. The van der Waals surface area contributed by atoms with Gasteiger partial charge < -0.3 is 5.32 Å². The summed E-state index contributed by atoms with van der Waals surface area (Å²) in [4.78, 5) is 1.54. The van der Waals surface area contributed by atoms with E-state index in [1.54, 1.807) is 0 Å². The maximum absolute atomic E-state index is 3.65. The summed E-state index contributed by atoms with van der Waals surface area (Å²) < 4.78 is 1.31. The molecule has 16 heavy (non-hydrogen) atoms. The Bertz CT molecular complexity index is 321. The molecule has 0 aliphatic heterocycles. The predicted octanol–water partition coefficient (Wildman–Crippen LogP) is 4.08. The molecule has 90 valence electrons. The topological polar surface area (TPSA) is 12.0 Å². The van der Waals surface area contributed by atoms with E-state index in [2.05, 4.69) is 39.7 Å². The Hall–Kier alpha value is 0.140. The SMILES string of the molecule is CNCC1CCCCC1Cc1sccc1Br. The van der Waals surface area contributed by atoms with E-state index in [0.717, 1.165) is 11.8 Å². The van der Waals surface area contributed by atoms with E-state index in [4.69, 9.17) is 0 Å². The van der Waals surface area contributed by atoms with Crippen LogP contribution in [0.2, 0.25) is 0 Å². The van der Waals surface area contributed by atoms with Crippen molar-refractivity contribution in [2.24, 2.45) is 11.8 Å². The van der Waals surface area contributed by atoms with Gasteiger partial charge in [-0.25, -0.2) is 0 Å². The van der Waals surface area contributed by atoms with Gasteiger partial charge in [0.15, 0.2) is 0 Å². The van der Waals surface area contributed by atoms with E-state index in [-0.39, 0.29) is 0 Å². The molecule has 1 N–H and O–H groups in total. The maximum Gasteiger partial charge on any atom is 0.0314 e. The first kappa shape index (κ1) is 12.6. The van der Waals surface area contributed by atoms with Crippen LogP contribution in [-0.4, -0.2) is 13.6 Å². The van der Waals surface area contributed by atoms with Crippen LogP contribution in [0.4, 0.5) is 0 Å². The van der Waals surface area contributed by atoms with Crippen LogP contribution >= 0.6 is 27.3 Å². The summed E-state index contributed by atoms with van der Waals surface area (Å²) in [6.07, 6.45) is 6.94. The number of thiophene rings is 1. The molecule has 1 fully saturated rings. The minimum Gasteiger partial charge on any atom is -0.319 e. The highest BCUT2D eigenvalue weighted by Gasteiger charge is 2.25. The Morgan fingerprint density at radius 1 is 1.38 bits per heavy atom. The van der Waals surface area contributed by atoms with Gasteiger partial charge in [0, 0.05) is 9.35 Å². The Labute approximate surface area is 111 Å². The van der Waals surface area contributed by atoms with Gasteiger partial charge in [-0.1, -0.05) is 12.8 Å². The van der Waals surface area contributed by atoms with Gasteiger partial charge >= 0.3 is 0 Å². The molecular formula is C13H20BrNS. The monoisotopic (exact) mass is 301 g/mol. The molecule has 0 aromatic carbocycles. The van der Waals surface area contributed by atoms with Crippen molar-refractivity contribution in [1.82, 2.24) is 5.32 Å². The van der Waals surface area contributed by atoms with Crippen molar-refractivity contribution in [3.05, 3.63) is 20.8 Å². The first-order chi connectivity index (χ1) is 7.81. The van der Waals surface area contributed by atoms with Crippen LogP contribution in [0.3, 0.4) is 0 Å². The molecule has 3 heteroatoms. The van der Waals surface area contributed by atoms with Crippen LogP contribution in [0, 0.1) is 11.8 Å². The van der Waals surface area contributed by atoms with Crippen molar-refractivity contribution in [2.75, 3.05) is 13.6 Å². The van der Waals surface area contributed by atoms with Crippen molar-refractivity contribution in [2.45, 2.75) is 32.1 Å². The number of halogens is 1. The van der Waals surface area contributed by atoms with Crippen LogP contribution in [-0.2, 0) is 6.42 Å². The highest BCUT2D eigenvalue weighted by Crippen LogP contribution is 2.35. The highest BCUT2D eigenvalue weighted by atomic mass is 79.9. The molecule has 0 saturated heterocycles. The molecule has 1 aromatic rings. The van der Waals surface area contributed by atoms with Gasteiger partial charge in [-0.2, -0.15) is 0 Å². The molecule has 0 amide bonds. The van der Waals surface area contributed by atoms with E-state index in [1.807, 2.05) is 11.3 Å². The van der Waals surface area contributed by atoms with Crippen molar-refractivity contribution in [1.29, 1.82) is 0 Å². The lowest BCUT2D eigenvalue weighted by Gasteiger charge is -2.31. The summed E-state index contributed by atoms with van der Waals surface area (Å²) in [5, 5.41) is 5.54. The van der Waals surface area contributed by atoms with Gasteiger partial charge in [-0.05, 0) is 72.1 Å². The molecule has 1 aliphatic rings. The van der Waals surface area contributed by atoms with Crippen molar-refractivity contribution in [3.8, 4) is 0 Å². The standard InChI is InChI=1S/C13H20BrNS/c1-15-9-11-5-3-2-4-10(11)8-13-12(14)6-7-16-13/h6-7,10-11,15H,2-5,8-9H2,1H3. The van der Waals surface area contributed by atoms with E-state index >= 15 is 0 Å². The van der Waals surface area contributed by atoms with Gasteiger partial charge in [0.2, 0.25) is 0 Å². The minimum absolute atomic E-state index is 0.882. The third kappa shape index (κ3) is 3.08. The minimum atomic E-state index is 0.882. The average molecular weight is 302 g/mol. The molecule has 1 heterocycles. The van der Waals surface area contributed by atoms with Crippen LogP contribution in [0.1, 0.15) is 30.6 Å². The van der Waals surface area contributed by atoms with Crippen LogP contribution in [0.25, 0.3) is 0 Å². The lowest BCUT2D eigenvalue weighted by atomic mass is 9.77. The van der Waals surface area contributed by atoms with Gasteiger partial charge in [0.1, 0.15) is 0 Å². The third-order valence-electron chi connectivity index (χ3n) is 3.67. The summed E-state index contributed by atoms with van der Waals surface area (Å²) in [6, 6.07) is 2.18. The molecule has 2 atom stereocenters. The van der Waals surface area contributed by atoms with E-state index < -0.39 is 0 Å². The molecule has 0 spiro atoms. The number of hydrogen-bond donors (Lipinski definition) is 1. The molecular weight excluding hydrogens is 282 g/mol. The summed E-state index contributed by atoms with van der Waals surface area (Å²) in [6.45, 7) is 1.19. The second-order valence-electron chi connectivity index (χ2n) is 4.76. The smallest absolute Gasteiger partial charge is 0.0314 e. The fourth-order valence-electron chi connectivity index (χ4n) is 2.79. The number of hydrogen-bond acceptors (Lipinski definition) is 2. The quantitative estimate of drug-likeness (QED) is 0.883. The predicted molar refractivity (Wildman–Crippen MR) is 75.1 cm³/mol. The summed E-state index contributed by atoms with van der Waals surface area (Å²) in [5.74, 6) is 1.77. The summed E-state index contributed by atoms with van der Waals surface area (Å²) in [7, 11) is 2.08. The average Bonchev–Trinajstić information content (AvgIpc) is 2.68. The molecule has 1 aliphatic carbocycles. The lowest BCUT2D eigenvalue weighted by molar-refractivity contribution is 0.233. The number of nitrogens with one attached hydrogen (secondary N) is 1. The summed E-state index contributed by atoms with van der Waals surface area (Å²) in [5.41, 5.74) is 0. The zero-order valence-electron chi connectivity index (χ0n) is 9.84. The summed E-state index contributed by atoms with van der Waals surface area (Å²) >= 11 is 5.54. The van der Waals surface area contributed by atoms with Gasteiger partial charge in [0.05, 0.1) is 0 Å². The molecule has 1 nitrogen and oxygen atoms in total. The van der Waals surface area contributed by atoms with Crippen LogP contribution < -0.4 is 5.32 Å². The Balaban J connectivity index is 1.98. The molecule has 2 rings (SSSR count). The van der Waals surface area contributed by atoms with Gasteiger partial charge in [0.25, 0.3) is 0 Å². The van der Waals surface area contributed by atoms with E-state index in [1.165, 1.54) is 48.0 Å². The normalized spacial score (nSPS) is 25.9. The highest BCUT2D eigenvalue weighted by molar-refractivity contribution is 9.10. The third-order valence-corrected chi connectivity index (χ3v) is 5.62. The van der Waals surface area contributed by atoms with Crippen molar-refractivity contribution in [3.63, 3.8) is 0 Å². The van der Waals surface area contributed by atoms with Crippen LogP contribution in [0.5, 0.6) is 0 Å². The maximum atomic E-state index is 3.65. The van der Waals surface area contributed by atoms with E-state index in [0.29, 0.717) is 0 Å². The Kier molecular flexibility index (Phi) is 4.86. The van der Waals surface area contributed by atoms with Crippen molar-refractivity contribution < 1.29 is 0 Å². The van der Waals surface area contributed by atoms with Gasteiger partial charge in [-0.3, -0.25) is 0 Å². The number of rotatable bonds is 4. The molecule has 1 aromatic heterocycles. The van der Waals surface area contributed by atoms with Crippen molar-refractivity contribution >= 4 is 27.3 Å². The first-order valence-electron chi connectivity index (χ1n) is 6.17. The van der Waals surface area contributed by atoms with Crippen LogP contribution in [0.15, 0.2) is 15.9 Å². The zero-order valence-corrected chi connectivity index (χ0v) is 12.2. The Morgan fingerprint density at radius 3 is 2.75 bits per heavy atom. The first-order valence-corrected chi connectivity index (χ1v) is 7.85. The lowest BCUT2D eigenvalue weighted by Crippen LogP contribution is -2.29. The van der Waals surface area contributed by atoms with Gasteiger partial charge in [-0.15, -0.1) is 11.3 Å². The fraction of sp³-hybridized carbons (Fsp3) is 0.692. The largest absolute Gasteiger partial charge is 0.319 e. The van der Waals surface area contributed by atoms with E-state index in [9.17, 15) is 0 Å². The second-order valence-corrected chi connectivity index (χ2v) is 6.61. The molecule has 0 radical (unpaired) electrons. The Morgan fingerprint density at radius 2 is 2.12 bits per heavy atom. The molecule has 1 saturated carbocycles. The zero-order chi connectivity index (χ0) is 11.4.